The highest BCUT2D eigenvalue weighted by molar-refractivity contribution is 6.30. The van der Waals surface area contributed by atoms with Crippen LogP contribution in [0.4, 0.5) is 0 Å². The number of aliphatic hydroxyl groups is 2. The van der Waals surface area contributed by atoms with Gasteiger partial charge in [-0.05, 0) is 24.3 Å². The second-order valence-electron chi connectivity index (χ2n) is 2.12. The number of hydrogen-bond donors (Lipinski definition) is 2. The topological polar surface area (TPSA) is 49.7 Å². The molecule has 72 valence electrons. The van der Waals surface area contributed by atoms with E-state index in [0.717, 1.165) is 0 Å². The van der Waals surface area contributed by atoms with Crippen molar-refractivity contribution in [3.8, 4) is 5.75 Å². The highest BCUT2D eigenvalue weighted by atomic mass is 35.5. The summed E-state index contributed by atoms with van der Waals surface area (Å²) in [5.74, 6) is -0.0701. The monoisotopic (exact) mass is 207 g/mol. The lowest BCUT2D eigenvalue weighted by atomic mass is 10.3. The van der Waals surface area contributed by atoms with E-state index in [2.05, 4.69) is 4.74 Å². The van der Waals surface area contributed by atoms with Gasteiger partial charge in [0, 0.05) is 5.02 Å². The third-order valence-electron chi connectivity index (χ3n) is 1.19. The molecule has 0 aliphatic carbocycles. The van der Waals surface area contributed by atoms with E-state index in [0.29, 0.717) is 5.02 Å². The van der Waals surface area contributed by atoms with Crippen LogP contribution in [0.1, 0.15) is 6.85 Å². The minimum absolute atomic E-state index is 0.0701. The maximum Gasteiger partial charge on any atom is 0.119 e. The first-order chi connectivity index (χ1) is 7.97. The van der Waals surface area contributed by atoms with Gasteiger partial charge in [-0.25, -0.2) is 0 Å². The van der Waals surface area contributed by atoms with Crippen LogP contribution < -0.4 is 4.74 Å². The van der Waals surface area contributed by atoms with E-state index in [1.165, 1.54) is 24.3 Å². The minimum Gasteiger partial charge on any atom is -0.491 e. The zero-order chi connectivity index (χ0) is 14.2. The first kappa shape index (κ1) is 5.20. The molecule has 4 heteroatoms. The van der Waals surface area contributed by atoms with Gasteiger partial charge in [0.15, 0.2) is 0 Å². The maximum atomic E-state index is 9.41. The fraction of sp³-hybridized carbons (Fsp3) is 0.333. The Morgan fingerprint density at radius 1 is 1.54 bits per heavy atom. The van der Waals surface area contributed by atoms with Crippen LogP contribution in [0.5, 0.6) is 5.75 Å². The molecule has 0 aliphatic heterocycles. The van der Waals surface area contributed by atoms with Crippen LogP contribution >= 0.6 is 11.6 Å². The molecule has 1 aromatic carbocycles. The SMILES string of the molecule is [2H]C([2H])(O)C([2H])(O)C([2H])([2H])Oc1ccc(Cl)cc1. The Hall–Kier alpha value is -0.770. The van der Waals surface area contributed by atoms with E-state index < -0.39 is 19.2 Å². The van der Waals surface area contributed by atoms with E-state index >= 15 is 0 Å². The molecule has 0 aliphatic rings. The quantitative estimate of drug-likeness (QED) is 0.777. The van der Waals surface area contributed by atoms with Crippen molar-refractivity contribution in [3.05, 3.63) is 29.3 Å². The fourth-order valence-electron chi connectivity index (χ4n) is 0.633. The van der Waals surface area contributed by atoms with Gasteiger partial charge in [0.1, 0.15) is 18.4 Å². The molecule has 3 nitrogen and oxygen atoms in total. The summed E-state index contributed by atoms with van der Waals surface area (Å²) in [5.41, 5.74) is 0. The summed E-state index contributed by atoms with van der Waals surface area (Å²) in [6.45, 7) is -6.66. The smallest absolute Gasteiger partial charge is 0.119 e. The van der Waals surface area contributed by atoms with Gasteiger partial charge in [0.05, 0.1) is 13.4 Å². The molecule has 1 unspecified atom stereocenters. The van der Waals surface area contributed by atoms with Crippen molar-refractivity contribution in [2.45, 2.75) is 6.08 Å². The summed E-state index contributed by atoms with van der Waals surface area (Å²) in [6.07, 6.45) is -3.50. The van der Waals surface area contributed by atoms with Gasteiger partial charge < -0.3 is 14.9 Å². The normalized spacial score (nSPS) is 22.8. The first-order valence-corrected chi connectivity index (χ1v) is 3.74. The molecule has 0 saturated carbocycles. The fourth-order valence-corrected chi connectivity index (χ4v) is 0.759. The van der Waals surface area contributed by atoms with E-state index in [1.807, 2.05) is 0 Å². The van der Waals surface area contributed by atoms with Crippen LogP contribution in [0.25, 0.3) is 0 Å². The molecule has 0 amide bonds. The molecule has 0 saturated heterocycles. The zero-order valence-electron chi connectivity index (χ0n) is 11.5. The Labute approximate surface area is 88.6 Å². The van der Waals surface area contributed by atoms with Gasteiger partial charge in [-0.2, -0.15) is 0 Å². The van der Waals surface area contributed by atoms with Crippen LogP contribution in [0.2, 0.25) is 5.02 Å². The van der Waals surface area contributed by atoms with Crippen molar-refractivity contribution < 1.29 is 21.8 Å². The van der Waals surface area contributed by atoms with Crippen LogP contribution in [0.15, 0.2) is 24.3 Å². The Balaban J connectivity index is 2.97. The molecular formula is C9H11ClO3. The molecular weight excluding hydrogens is 192 g/mol. The van der Waals surface area contributed by atoms with Gasteiger partial charge in [-0.15, -0.1) is 0 Å². The average Bonchev–Trinajstić information content (AvgIpc) is 2.19. The van der Waals surface area contributed by atoms with E-state index in [-0.39, 0.29) is 5.75 Å². The van der Waals surface area contributed by atoms with Crippen molar-refractivity contribution in [2.24, 2.45) is 0 Å². The van der Waals surface area contributed by atoms with Crippen molar-refractivity contribution in [1.82, 2.24) is 0 Å². The summed E-state index contributed by atoms with van der Waals surface area (Å²) in [4.78, 5) is 0. The van der Waals surface area contributed by atoms with Crippen molar-refractivity contribution in [2.75, 3.05) is 13.1 Å². The van der Waals surface area contributed by atoms with Gasteiger partial charge in [0.25, 0.3) is 0 Å². The van der Waals surface area contributed by atoms with Gasteiger partial charge in [-0.1, -0.05) is 11.6 Å². The predicted octanol–water partition coefficient (Wildman–Crippen LogP) is 1.07. The third-order valence-corrected chi connectivity index (χ3v) is 1.44. The summed E-state index contributed by atoms with van der Waals surface area (Å²) in [6, 6.07) is 5.35. The maximum absolute atomic E-state index is 9.41. The molecule has 1 rings (SSSR count). The lowest BCUT2D eigenvalue weighted by molar-refractivity contribution is 0.0536. The van der Waals surface area contributed by atoms with Crippen LogP contribution in [-0.2, 0) is 0 Å². The van der Waals surface area contributed by atoms with Crippen LogP contribution in [0.3, 0.4) is 0 Å². The number of halogens is 1. The second kappa shape index (κ2) is 5.07. The second-order valence-corrected chi connectivity index (χ2v) is 2.55. The Morgan fingerprint density at radius 3 is 2.69 bits per heavy atom. The Bertz CT molecular complexity index is 415. The number of hydrogen-bond acceptors (Lipinski definition) is 3. The van der Waals surface area contributed by atoms with Crippen molar-refractivity contribution >= 4 is 11.6 Å². The molecule has 1 atom stereocenters. The predicted molar refractivity (Wildman–Crippen MR) is 50.0 cm³/mol. The Morgan fingerprint density at radius 2 is 2.15 bits per heavy atom. The van der Waals surface area contributed by atoms with Gasteiger partial charge in [0.2, 0.25) is 0 Å². The lowest BCUT2D eigenvalue weighted by Gasteiger charge is -2.09. The van der Waals surface area contributed by atoms with Gasteiger partial charge in [-0.3, -0.25) is 0 Å². The number of rotatable bonds is 4. The average molecular weight is 208 g/mol. The lowest BCUT2D eigenvalue weighted by Crippen LogP contribution is -2.21. The highest BCUT2D eigenvalue weighted by Gasteiger charge is 2.02. The van der Waals surface area contributed by atoms with Crippen molar-refractivity contribution in [1.29, 1.82) is 0 Å². The highest BCUT2D eigenvalue weighted by Crippen LogP contribution is 2.15. The molecule has 0 bridgehead atoms. The molecule has 2 N–H and O–H groups in total. The molecule has 0 aromatic heterocycles. The zero-order valence-corrected chi connectivity index (χ0v) is 7.25. The van der Waals surface area contributed by atoms with Crippen LogP contribution in [-0.4, -0.2) is 29.4 Å². The summed E-state index contributed by atoms with van der Waals surface area (Å²) < 4.78 is 40.2. The Kier molecular flexibility index (Phi) is 2.02. The third kappa shape index (κ3) is 3.63. The van der Waals surface area contributed by atoms with Crippen molar-refractivity contribution in [3.63, 3.8) is 0 Å². The molecule has 0 heterocycles. The largest absolute Gasteiger partial charge is 0.491 e. The van der Waals surface area contributed by atoms with E-state index in [1.54, 1.807) is 0 Å². The number of ether oxygens (including phenoxy) is 1. The molecule has 1 aromatic rings. The molecule has 0 fully saturated rings. The van der Waals surface area contributed by atoms with E-state index in [9.17, 15) is 5.11 Å². The van der Waals surface area contributed by atoms with Gasteiger partial charge >= 0.3 is 0 Å². The summed E-state index contributed by atoms with van der Waals surface area (Å²) in [7, 11) is 0. The summed E-state index contributed by atoms with van der Waals surface area (Å²) in [5, 5.41) is 18.7. The first-order valence-electron chi connectivity index (χ1n) is 5.87. The minimum atomic E-state index is -3.50. The number of benzene rings is 1. The molecule has 0 spiro atoms. The summed E-state index contributed by atoms with van der Waals surface area (Å²) >= 11 is 5.61. The van der Waals surface area contributed by atoms with E-state index in [4.69, 9.17) is 23.6 Å². The van der Waals surface area contributed by atoms with Crippen LogP contribution in [0, 0.1) is 0 Å². The molecule has 0 radical (unpaired) electrons. The standard InChI is InChI=1S/C9H11ClO3/c10-7-1-3-9(4-2-7)13-6-8(12)5-11/h1-4,8,11-12H,5-6H2/i5D2,6D2,8D. The molecule has 13 heavy (non-hydrogen) atoms.